The highest BCUT2D eigenvalue weighted by atomic mass is 35.5. The highest BCUT2D eigenvalue weighted by molar-refractivity contribution is 7.17. The lowest BCUT2D eigenvalue weighted by atomic mass is 10.2. The van der Waals surface area contributed by atoms with Gasteiger partial charge in [0.1, 0.15) is 9.88 Å². The van der Waals surface area contributed by atoms with Crippen LogP contribution in [-0.4, -0.2) is 28.6 Å². The van der Waals surface area contributed by atoms with Crippen LogP contribution in [0.1, 0.15) is 21.1 Å². The number of hydrogen-bond donors (Lipinski definition) is 1. The summed E-state index contributed by atoms with van der Waals surface area (Å²) in [5, 5.41) is 7.39. The van der Waals surface area contributed by atoms with Crippen LogP contribution in [0.3, 0.4) is 0 Å². The molecule has 26 heavy (non-hydrogen) atoms. The van der Waals surface area contributed by atoms with E-state index < -0.39 is 18.5 Å². The Bertz CT molecular complexity index is 949. The first-order chi connectivity index (χ1) is 12.4. The zero-order valence-electron chi connectivity index (χ0n) is 13.9. The molecule has 0 radical (unpaired) electrons. The van der Waals surface area contributed by atoms with E-state index >= 15 is 0 Å². The van der Waals surface area contributed by atoms with Crippen molar-refractivity contribution in [3.63, 3.8) is 0 Å². The van der Waals surface area contributed by atoms with E-state index in [0.717, 1.165) is 5.56 Å². The summed E-state index contributed by atoms with van der Waals surface area (Å²) in [5.74, 6) is -0.929. The number of carbonyl (C=O) groups is 2. The fourth-order valence-electron chi connectivity index (χ4n) is 2.09. The smallest absolute Gasteiger partial charge is 0.350 e. The van der Waals surface area contributed by atoms with Crippen molar-refractivity contribution >= 4 is 40.7 Å². The van der Waals surface area contributed by atoms with Crippen molar-refractivity contribution in [1.82, 2.24) is 10.1 Å². The van der Waals surface area contributed by atoms with Crippen molar-refractivity contribution in [3.8, 4) is 10.6 Å². The van der Waals surface area contributed by atoms with Crippen LogP contribution in [0.4, 0.5) is 5.88 Å². The Morgan fingerprint density at radius 3 is 2.65 bits per heavy atom. The summed E-state index contributed by atoms with van der Waals surface area (Å²) in [6.07, 6.45) is 0. The number of esters is 1. The Balaban J connectivity index is 1.62. The first-order valence-corrected chi connectivity index (χ1v) is 8.75. The van der Waals surface area contributed by atoms with Crippen molar-refractivity contribution < 1.29 is 18.8 Å². The molecule has 7 nitrogen and oxygen atoms in total. The molecule has 1 N–H and O–H groups in total. The van der Waals surface area contributed by atoms with Gasteiger partial charge in [0.2, 0.25) is 5.88 Å². The number of aromatic nitrogens is 2. The van der Waals surface area contributed by atoms with Gasteiger partial charge in [0.25, 0.3) is 5.91 Å². The molecule has 134 valence electrons. The SMILES string of the molecule is Cc1cc(NC(=O)COC(=O)c2sc(-c3ccc(Cl)cc3)nc2C)on1. The Labute approximate surface area is 157 Å². The van der Waals surface area contributed by atoms with E-state index in [0.29, 0.717) is 26.3 Å². The predicted octanol–water partition coefficient (Wildman–Crippen LogP) is 3.86. The van der Waals surface area contributed by atoms with Crippen LogP contribution < -0.4 is 5.32 Å². The molecule has 0 fully saturated rings. The number of rotatable bonds is 5. The Kier molecular flexibility index (Phi) is 5.34. The molecular formula is C17H14ClN3O4S. The number of thiazole rings is 1. The van der Waals surface area contributed by atoms with E-state index in [9.17, 15) is 9.59 Å². The maximum absolute atomic E-state index is 12.2. The number of anilines is 1. The van der Waals surface area contributed by atoms with E-state index in [4.69, 9.17) is 20.9 Å². The van der Waals surface area contributed by atoms with E-state index in [1.807, 2.05) is 12.1 Å². The number of hydrogen-bond acceptors (Lipinski definition) is 7. The van der Waals surface area contributed by atoms with Gasteiger partial charge in [0.05, 0.1) is 11.4 Å². The number of nitrogens with zero attached hydrogens (tertiary/aromatic N) is 2. The molecule has 0 atom stereocenters. The second-order valence-electron chi connectivity index (χ2n) is 5.40. The molecule has 2 heterocycles. The van der Waals surface area contributed by atoms with Crippen LogP contribution in [0.15, 0.2) is 34.9 Å². The normalized spacial score (nSPS) is 10.6. The van der Waals surface area contributed by atoms with Gasteiger partial charge >= 0.3 is 5.97 Å². The average molecular weight is 392 g/mol. The van der Waals surface area contributed by atoms with Crippen molar-refractivity contribution in [1.29, 1.82) is 0 Å². The molecule has 0 spiro atoms. The van der Waals surface area contributed by atoms with Gasteiger partial charge in [-0.3, -0.25) is 10.1 Å². The molecule has 2 aromatic heterocycles. The fourth-order valence-corrected chi connectivity index (χ4v) is 3.19. The lowest BCUT2D eigenvalue weighted by Crippen LogP contribution is -2.20. The lowest BCUT2D eigenvalue weighted by Gasteiger charge is -2.03. The molecule has 0 unspecified atom stereocenters. The van der Waals surface area contributed by atoms with Crippen LogP contribution in [0.2, 0.25) is 5.02 Å². The zero-order valence-corrected chi connectivity index (χ0v) is 15.5. The van der Waals surface area contributed by atoms with E-state index in [1.165, 1.54) is 11.3 Å². The van der Waals surface area contributed by atoms with Gasteiger partial charge in [0.15, 0.2) is 6.61 Å². The van der Waals surface area contributed by atoms with Gasteiger partial charge in [-0.25, -0.2) is 9.78 Å². The Morgan fingerprint density at radius 2 is 2.00 bits per heavy atom. The van der Waals surface area contributed by atoms with Crippen LogP contribution in [0, 0.1) is 13.8 Å². The first kappa shape index (κ1) is 18.1. The second kappa shape index (κ2) is 7.67. The first-order valence-electron chi connectivity index (χ1n) is 7.56. The molecule has 1 amide bonds. The summed E-state index contributed by atoms with van der Waals surface area (Å²) in [6, 6.07) is 8.71. The number of carbonyl (C=O) groups excluding carboxylic acids is 2. The summed E-state index contributed by atoms with van der Waals surface area (Å²) in [4.78, 5) is 28.8. The summed E-state index contributed by atoms with van der Waals surface area (Å²) < 4.78 is 9.92. The Morgan fingerprint density at radius 1 is 1.27 bits per heavy atom. The van der Waals surface area contributed by atoms with E-state index in [-0.39, 0.29) is 5.88 Å². The lowest BCUT2D eigenvalue weighted by molar-refractivity contribution is -0.119. The number of aryl methyl sites for hydroxylation is 2. The Hall–Kier alpha value is -2.71. The molecule has 1 aromatic carbocycles. The summed E-state index contributed by atoms with van der Waals surface area (Å²) in [7, 11) is 0. The van der Waals surface area contributed by atoms with Crippen LogP contribution in [0.25, 0.3) is 10.6 Å². The van der Waals surface area contributed by atoms with Gasteiger partial charge in [-0.1, -0.05) is 28.9 Å². The molecule has 3 rings (SSSR count). The minimum atomic E-state index is -0.607. The fraction of sp³-hybridized carbons (Fsp3) is 0.176. The van der Waals surface area contributed by atoms with Crippen molar-refractivity contribution in [2.75, 3.05) is 11.9 Å². The number of amides is 1. The van der Waals surface area contributed by atoms with Crippen molar-refractivity contribution in [2.45, 2.75) is 13.8 Å². The molecule has 3 aromatic rings. The number of nitrogens with one attached hydrogen (secondary N) is 1. The zero-order chi connectivity index (χ0) is 18.7. The van der Waals surface area contributed by atoms with Gasteiger partial charge < -0.3 is 9.26 Å². The standard InChI is InChI=1S/C17H14ClN3O4S/c1-9-7-14(25-21-9)20-13(22)8-24-17(23)15-10(2)19-16(26-15)11-3-5-12(18)6-4-11/h3-7H,8H2,1-2H3,(H,20,22). The van der Waals surface area contributed by atoms with Crippen LogP contribution in [0.5, 0.6) is 0 Å². The predicted molar refractivity (Wildman–Crippen MR) is 97.4 cm³/mol. The number of ether oxygens (including phenoxy) is 1. The molecule has 0 aliphatic heterocycles. The van der Waals surface area contributed by atoms with Crippen molar-refractivity contribution in [3.05, 3.63) is 51.6 Å². The quantitative estimate of drug-likeness (QED) is 0.663. The highest BCUT2D eigenvalue weighted by Crippen LogP contribution is 2.29. The van der Waals surface area contributed by atoms with E-state index in [1.54, 1.807) is 32.0 Å². The second-order valence-corrected chi connectivity index (χ2v) is 6.83. The minimum Gasteiger partial charge on any atom is -0.451 e. The minimum absolute atomic E-state index is 0.197. The topological polar surface area (TPSA) is 94.3 Å². The number of halogens is 1. The summed E-state index contributed by atoms with van der Waals surface area (Å²) in [6.45, 7) is 3.00. The summed E-state index contributed by atoms with van der Waals surface area (Å²) >= 11 is 7.07. The van der Waals surface area contributed by atoms with Gasteiger partial charge in [-0.15, -0.1) is 11.3 Å². The van der Waals surface area contributed by atoms with Crippen LogP contribution >= 0.6 is 22.9 Å². The monoisotopic (exact) mass is 391 g/mol. The van der Waals surface area contributed by atoms with Crippen LogP contribution in [-0.2, 0) is 9.53 Å². The maximum Gasteiger partial charge on any atom is 0.350 e. The maximum atomic E-state index is 12.2. The van der Waals surface area contributed by atoms with Gasteiger partial charge in [-0.05, 0) is 26.0 Å². The third kappa shape index (κ3) is 4.27. The largest absolute Gasteiger partial charge is 0.451 e. The molecule has 0 aliphatic carbocycles. The third-order valence-electron chi connectivity index (χ3n) is 3.30. The van der Waals surface area contributed by atoms with E-state index in [2.05, 4.69) is 15.5 Å². The molecule has 0 bridgehead atoms. The molecule has 0 saturated heterocycles. The van der Waals surface area contributed by atoms with Gasteiger partial charge in [-0.2, -0.15) is 0 Å². The molecule has 0 aliphatic rings. The third-order valence-corrected chi connectivity index (χ3v) is 4.74. The van der Waals surface area contributed by atoms with Crippen molar-refractivity contribution in [2.24, 2.45) is 0 Å². The average Bonchev–Trinajstić information content (AvgIpc) is 3.19. The summed E-state index contributed by atoms with van der Waals surface area (Å²) in [5.41, 5.74) is 2.02. The highest BCUT2D eigenvalue weighted by Gasteiger charge is 2.19. The number of benzene rings is 1. The molecular weight excluding hydrogens is 378 g/mol. The molecule has 0 saturated carbocycles. The molecule has 9 heteroatoms. The van der Waals surface area contributed by atoms with Gasteiger partial charge in [0, 0.05) is 16.7 Å².